The van der Waals surface area contributed by atoms with Gasteiger partial charge in [0.05, 0.1) is 0 Å². The van der Waals surface area contributed by atoms with Crippen LogP contribution in [-0.2, 0) is 22.4 Å². The van der Waals surface area contributed by atoms with Gasteiger partial charge in [0.2, 0.25) is 0 Å². The summed E-state index contributed by atoms with van der Waals surface area (Å²) in [4.78, 5) is 11.2. The Balaban J connectivity index is -0.0000000934. The smallest absolute Gasteiger partial charge is 0.133 e. The van der Waals surface area contributed by atoms with E-state index in [1.54, 1.807) is 0 Å². The lowest BCUT2D eigenvalue weighted by molar-refractivity contribution is -0.119. The van der Waals surface area contributed by atoms with Gasteiger partial charge >= 0.3 is 0 Å². The van der Waals surface area contributed by atoms with Gasteiger partial charge in [-0.2, -0.15) is 0 Å². The molecule has 0 atom stereocenters. The second-order valence-electron chi connectivity index (χ2n) is 30.3. The highest BCUT2D eigenvalue weighted by Gasteiger charge is 2.08. The van der Waals surface area contributed by atoms with Crippen LogP contribution in [0.25, 0.3) is 0 Å². The molecule has 0 aromatic heterocycles. The molecule has 1 aromatic rings. The van der Waals surface area contributed by atoms with Gasteiger partial charge in [0.25, 0.3) is 0 Å². The number of carbonyl (C=O) groups excluding carboxylic acids is 1. The van der Waals surface area contributed by atoms with Gasteiger partial charge in [0.15, 0.2) is 0 Å². The zero-order valence-electron chi connectivity index (χ0n) is 60.0. The fourth-order valence-electron chi connectivity index (χ4n) is 8.78. The van der Waals surface area contributed by atoms with E-state index in [1.165, 1.54) is 114 Å². The minimum Gasteiger partial charge on any atom is -0.399 e. The molecular weight excluding hydrogens is 1010 g/mol. The number of benzene rings is 1. The van der Waals surface area contributed by atoms with E-state index < -0.39 is 0 Å². The van der Waals surface area contributed by atoms with Crippen LogP contribution in [0.1, 0.15) is 370 Å². The number of anilines is 1. The molecule has 0 heterocycles. The average Bonchev–Trinajstić information content (AvgIpc) is 3.25. The predicted octanol–water partition coefficient (Wildman–Crippen LogP) is 27.1. The molecule has 4 heteroatoms. The molecule has 0 saturated carbocycles. The molecule has 1 aromatic carbocycles. The Morgan fingerprint density at radius 2 is 0.602 bits per heavy atom. The Labute approximate surface area is 532 Å². The number of nitrogen functional groups attached to an aromatic ring is 1. The minimum absolute atomic E-state index is 0. The van der Waals surface area contributed by atoms with E-state index in [0.29, 0.717) is 29.6 Å². The van der Waals surface area contributed by atoms with Crippen molar-refractivity contribution in [3.05, 3.63) is 29.3 Å². The van der Waals surface area contributed by atoms with Crippen LogP contribution in [0.3, 0.4) is 0 Å². The van der Waals surface area contributed by atoms with Gasteiger partial charge < -0.3 is 16.2 Å². The summed E-state index contributed by atoms with van der Waals surface area (Å²) < 4.78 is 5.46. The molecule has 0 amide bonds. The summed E-state index contributed by atoms with van der Waals surface area (Å²) in [6, 6.07) is 6.92. The van der Waals surface area contributed by atoms with Gasteiger partial charge in [-0.15, -0.1) is 0 Å². The summed E-state index contributed by atoms with van der Waals surface area (Å²) >= 11 is 0. The van der Waals surface area contributed by atoms with E-state index in [4.69, 9.17) is 16.2 Å². The van der Waals surface area contributed by atoms with Crippen LogP contribution in [-0.4, -0.2) is 25.0 Å². The van der Waals surface area contributed by atoms with E-state index in [9.17, 15) is 4.79 Å². The molecule has 0 saturated heterocycles. The van der Waals surface area contributed by atoms with E-state index in [1.807, 2.05) is 0 Å². The van der Waals surface area contributed by atoms with Gasteiger partial charge in [-0.1, -0.05) is 320 Å². The number of hydrogen-bond donors (Lipinski definition) is 2. The number of ketones is 1. The number of carbonyl (C=O) groups is 1. The first kappa shape index (κ1) is 103. The molecule has 0 bridgehead atoms. The number of rotatable bonds is 36. The fourth-order valence-corrected chi connectivity index (χ4v) is 8.78. The Morgan fingerprint density at radius 3 is 0.843 bits per heavy atom. The van der Waals surface area contributed by atoms with Crippen molar-refractivity contribution in [3.8, 4) is 0 Å². The van der Waals surface area contributed by atoms with Crippen molar-refractivity contribution in [2.24, 2.45) is 88.6 Å². The van der Waals surface area contributed by atoms with Gasteiger partial charge in [0, 0.05) is 37.8 Å². The molecule has 1 rings (SSSR count). The third-order valence-electron chi connectivity index (χ3n) is 13.2. The summed E-state index contributed by atoms with van der Waals surface area (Å²) in [6.07, 6.45) is 29.3. The first-order chi connectivity index (χ1) is 36.5. The summed E-state index contributed by atoms with van der Waals surface area (Å²) in [7, 11) is 0. The third-order valence-corrected chi connectivity index (χ3v) is 13.2. The van der Waals surface area contributed by atoms with Crippen LogP contribution < -0.4 is 11.5 Å². The van der Waals surface area contributed by atoms with E-state index in [-0.39, 0.29) is 29.7 Å². The highest BCUT2D eigenvalue weighted by atomic mass is 16.5. The highest BCUT2D eigenvalue weighted by molar-refractivity contribution is 5.78. The maximum atomic E-state index is 11.2. The quantitative estimate of drug-likeness (QED) is 0.0518. The molecule has 0 aliphatic heterocycles. The number of ether oxygens (including phenoxy) is 1. The summed E-state index contributed by atoms with van der Waals surface area (Å²) in [6.45, 7) is 64.9. The normalized spacial score (nSPS) is 10.9. The predicted molar refractivity (Wildman–Crippen MR) is 394 cm³/mol. The zero-order valence-corrected chi connectivity index (χ0v) is 60.0. The molecule has 83 heavy (non-hydrogen) atoms. The van der Waals surface area contributed by atoms with Crippen molar-refractivity contribution in [1.82, 2.24) is 0 Å². The maximum absolute atomic E-state index is 11.2. The first-order valence-corrected chi connectivity index (χ1v) is 34.2. The molecule has 4 N–H and O–H groups in total. The van der Waals surface area contributed by atoms with E-state index >= 15 is 0 Å². The number of nitrogens with two attached hydrogens (primary N) is 2. The van der Waals surface area contributed by atoms with Crippen molar-refractivity contribution in [2.75, 3.05) is 18.9 Å². The van der Waals surface area contributed by atoms with Crippen LogP contribution in [0.15, 0.2) is 18.2 Å². The van der Waals surface area contributed by atoms with Crippen LogP contribution in [0, 0.1) is 82.9 Å². The summed E-state index contributed by atoms with van der Waals surface area (Å²) in [5, 5.41) is 0. The number of hydrogen-bond acceptors (Lipinski definition) is 4. The summed E-state index contributed by atoms with van der Waals surface area (Å²) in [5.74, 6) is 11.5. The van der Waals surface area contributed by atoms with Crippen molar-refractivity contribution in [1.29, 1.82) is 0 Å². The molecule has 4 nitrogen and oxygen atoms in total. The molecule has 0 fully saturated rings. The minimum atomic E-state index is 0. The van der Waals surface area contributed by atoms with Crippen molar-refractivity contribution < 1.29 is 9.53 Å². The van der Waals surface area contributed by atoms with Crippen LogP contribution in [0.2, 0.25) is 0 Å². The van der Waals surface area contributed by atoms with E-state index in [2.05, 4.69) is 212 Å². The van der Waals surface area contributed by atoms with Gasteiger partial charge in [-0.25, -0.2) is 0 Å². The zero-order chi connectivity index (χ0) is 62.5. The Morgan fingerprint density at radius 1 is 0.337 bits per heavy atom. The fraction of sp³-hybridized carbons (Fsp3) is 0.911. The van der Waals surface area contributed by atoms with Crippen molar-refractivity contribution in [2.45, 2.75) is 377 Å². The molecule has 0 unspecified atom stereocenters. The molecular formula is C79H172N2O2. The SMILES string of the molecule is C.C.C.C.CC(C)CC(N)CC(C)C.CC(C)CCCC(=O)CC(C)C.CC(C)CCCC(C)C.CC(C)CCCCCC(C)C.CC(C)CCCCCC(C)C.CC(C)CCOCCC(C)C.CC(C)Cc1cc(N)cc(CC(C)C)c1. The molecule has 510 valence electrons. The van der Waals surface area contributed by atoms with Crippen molar-refractivity contribution in [3.63, 3.8) is 0 Å². The summed E-state index contributed by atoms with van der Waals surface area (Å²) in [5.41, 5.74) is 15.4. The maximum Gasteiger partial charge on any atom is 0.133 e. The van der Waals surface area contributed by atoms with Gasteiger partial charge in [-0.3, -0.25) is 4.79 Å². The van der Waals surface area contributed by atoms with Crippen LogP contribution >= 0.6 is 0 Å². The highest BCUT2D eigenvalue weighted by Crippen LogP contribution is 2.19. The Bertz CT molecular complexity index is 1210. The van der Waals surface area contributed by atoms with Gasteiger partial charge in [0.1, 0.15) is 5.78 Å². The second-order valence-corrected chi connectivity index (χ2v) is 30.3. The van der Waals surface area contributed by atoms with E-state index in [0.717, 1.165) is 129 Å². The molecule has 0 aliphatic carbocycles. The number of unbranched alkanes of at least 4 members (excludes halogenated alkanes) is 4. The lowest BCUT2D eigenvalue weighted by atomic mass is 9.96. The molecule has 0 aliphatic rings. The monoisotopic (exact) mass is 1180 g/mol. The second kappa shape index (κ2) is 71.4. The lowest BCUT2D eigenvalue weighted by Gasteiger charge is -2.15. The molecule has 0 spiro atoms. The topological polar surface area (TPSA) is 78.3 Å². The average molecular weight is 1180 g/mol. The lowest BCUT2D eigenvalue weighted by Crippen LogP contribution is -2.23. The Kier molecular flexibility index (Phi) is 88.9. The van der Waals surface area contributed by atoms with Crippen LogP contribution in [0.4, 0.5) is 5.69 Å². The Hall–Kier alpha value is -1.39. The largest absolute Gasteiger partial charge is 0.399 e. The van der Waals surface area contributed by atoms with Gasteiger partial charge in [-0.05, 0) is 151 Å². The number of Topliss-reactive ketones (excluding diaryl/α,β-unsaturated/α-hetero) is 1. The van der Waals surface area contributed by atoms with Crippen molar-refractivity contribution >= 4 is 11.5 Å². The third kappa shape index (κ3) is 112. The molecule has 0 radical (unpaired) electrons. The van der Waals surface area contributed by atoms with Crippen LogP contribution in [0.5, 0.6) is 0 Å². The first-order valence-electron chi connectivity index (χ1n) is 34.2. The standard InChI is InChI=1S/C14H23N.C11H22O.2C11H24.C10H22O.C9H21N.C9H20.4CH4/c1-10(2)5-12-7-13(6-11(3)4)9-14(15)8-12;1-9(2)6-5-7-11(12)8-10(3)4;2*1-10(2)8-6-5-7-9-11(3)4;1-9(2)5-7-11-8-6-10(3)4;1-7(2)5-9(10)6-8(3)4;1-8(2)6-5-7-9(3)4;;;;/h7-11H,5-6,15H2,1-4H3;9-10H,5-8H2,1-4H3;2*10-11H,5-9H2,1-4H3;9-10H,5-8H2,1-4H3;7-9H,5-6,10H2,1-4H3;8-9H,5-7H2,1-4H3;4*1H4.